The van der Waals surface area contributed by atoms with Gasteiger partial charge in [0.1, 0.15) is 5.69 Å². The molecule has 1 aromatic rings. The second-order valence-electron chi connectivity index (χ2n) is 4.79. The van der Waals surface area contributed by atoms with E-state index >= 15 is 0 Å². The maximum Gasteiger partial charge on any atom is 0.295 e. The van der Waals surface area contributed by atoms with Crippen molar-refractivity contribution >= 4 is 11.4 Å². The summed E-state index contributed by atoms with van der Waals surface area (Å²) in [5, 5.41) is 13.8. The summed E-state index contributed by atoms with van der Waals surface area (Å²) in [6, 6.07) is 3.92. The first-order chi connectivity index (χ1) is 9.06. The van der Waals surface area contributed by atoms with E-state index in [0.717, 1.165) is 19.3 Å². The lowest BCUT2D eigenvalue weighted by Gasteiger charge is -2.15. The number of nitro benzene ring substituents is 1. The Morgan fingerprint density at radius 3 is 2.74 bits per heavy atom. The fourth-order valence-electron chi connectivity index (χ4n) is 2.00. The molecular formula is C14H21FN2O2. The predicted molar refractivity (Wildman–Crippen MR) is 74.9 cm³/mol. The number of benzene rings is 1. The lowest BCUT2D eigenvalue weighted by atomic mass is 10.1. The predicted octanol–water partition coefficient (Wildman–Crippen LogP) is 4.50. The topological polar surface area (TPSA) is 55.2 Å². The van der Waals surface area contributed by atoms with E-state index in [4.69, 9.17) is 0 Å². The standard InChI is InChI=1S/C14H21FN2O2/c1-3-4-5-6-8-11(2)16-14-12(15)9-7-10-13(14)17(18)19/h7,9-11,16H,3-6,8H2,1-2H3. The monoisotopic (exact) mass is 268 g/mol. The van der Waals surface area contributed by atoms with Crippen molar-refractivity contribution in [1.29, 1.82) is 0 Å². The zero-order valence-electron chi connectivity index (χ0n) is 11.5. The van der Waals surface area contributed by atoms with Gasteiger partial charge >= 0.3 is 0 Å². The molecule has 0 bridgehead atoms. The van der Waals surface area contributed by atoms with Crippen molar-refractivity contribution in [2.24, 2.45) is 0 Å². The zero-order valence-corrected chi connectivity index (χ0v) is 11.5. The van der Waals surface area contributed by atoms with Crippen molar-refractivity contribution < 1.29 is 9.31 Å². The molecule has 1 aromatic carbocycles. The van der Waals surface area contributed by atoms with Gasteiger partial charge in [-0.2, -0.15) is 0 Å². The summed E-state index contributed by atoms with van der Waals surface area (Å²) >= 11 is 0. The van der Waals surface area contributed by atoms with E-state index < -0.39 is 10.7 Å². The van der Waals surface area contributed by atoms with E-state index in [1.165, 1.54) is 31.0 Å². The van der Waals surface area contributed by atoms with Gasteiger partial charge in [0.25, 0.3) is 5.69 Å². The van der Waals surface area contributed by atoms with Crippen LogP contribution in [0.1, 0.15) is 46.0 Å². The molecule has 106 valence electrons. The second kappa shape index (κ2) is 7.71. The van der Waals surface area contributed by atoms with Gasteiger partial charge in [-0.1, -0.05) is 38.7 Å². The minimum Gasteiger partial charge on any atom is -0.375 e. The molecular weight excluding hydrogens is 247 g/mol. The normalized spacial score (nSPS) is 12.2. The summed E-state index contributed by atoms with van der Waals surface area (Å²) in [6.45, 7) is 4.06. The van der Waals surface area contributed by atoms with Crippen LogP contribution in [0.5, 0.6) is 0 Å². The molecule has 1 atom stereocenters. The molecule has 0 radical (unpaired) electrons. The second-order valence-corrected chi connectivity index (χ2v) is 4.79. The molecule has 1 unspecified atom stereocenters. The van der Waals surface area contributed by atoms with Gasteiger partial charge in [-0.25, -0.2) is 4.39 Å². The van der Waals surface area contributed by atoms with Gasteiger partial charge in [-0.15, -0.1) is 0 Å². The van der Waals surface area contributed by atoms with Crippen LogP contribution in [0.25, 0.3) is 0 Å². The summed E-state index contributed by atoms with van der Waals surface area (Å²) in [6.07, 6.45) is 5.42. The third kappa shape index (κ3) is 4.85. The summed E-state index contributed by atoms with van der Waals surface area (Å²) in [5.41, 5.74) is -0.212. The molecule has 0 amide bonds. The van der Waals surface area contributed by atoms with Crippen LogP contribution in [-0.2, 0) is 0 Å². The molecule has 1 rings (SSSR count). The SMILES string of the molecule is CCCCCCC(C)Nc1c(F)cccc1[N+](=O)[O-]. The number of unbranched alkanes of at least 4 members (excludes halogenated alkanes) is 3. The van der Waals surface area contributed by atoms with Crippen molar-refractivity contribution in [3.63, 3.8) is 0 Å². The van der Waals surface area contributed by atoms with Crippen LogP contribution in [0.2, 0.25) is 0 Å². The first kappa shape index (κ1) is 15.4. The fraction of sp³-hybridized carbons (Fsp3) is 0.571. The van der Waals surface area contributed by atoms with Crippen LogP contribution < -0.4 is 5.32 Å². The minimum absolute atomic E-state index is 0.00417. The van der Waals surface area contributed by atoms with Gasteiger partial charge in [-0.3, -0.25) is 10.1 Å². The Balaban J connectivity index is 2.63. The first-order valence-corrected chi connectivity index (χ1v) is 6.75. The highest BCUT2D eigenvalue weighted by Crippen LogP contribution is 2.28. The number of anilines is 1. The average molecular weight is 268 g/mol. The van der Waals surface area contributed by atoms with Crippen LogP contribution in [0.3, 0.4) is 0 Å². The fourth-order valence-corrected chi connectivity index (χ4v) is 2.00. The van der Waals surface area contributed by atoms with E-state index in [9.17, 15) is 14.5 Å². The number of hydrogen-bond donors (Lipinski definition) is 1. The molecule has 0 aliphatic carbocycles. The van der Waals surface area contributed by atoms with Crippen LogP contribution in [0, 0.1) is 15.9 Å². The van der Waals surface area contributed by atoms with Gasteiger partial charge < -0.3 is 5.32 Å². The Morgan fingerprint density at radius 2 is 2.11 bits per heavy atom. The summed E-state index contributed by atoms with van der Waals surface area (Å²) < 4.78 is 13.6. The van der Waals surface area contributed by atoms with Crippen LogP contribution in [-0.4, -0.2) is 11.0 Å². The summed E-state index contributed by atoms with van der Waals surface area (Å²) in [5.74, 6) is -0.574. The number of rotatable bonds is 8. The van der Waals surface area contributed by atoms with E-state index in [2.05, 4.69) is 12.2 Å². The maximum absolute atomic E-state index is 13.6. The number of nitrogens with zero attached hydrogens (tertiary/aromatic N) is 1. The first-order valence-electron chi connectivity index (χ1n) is 6.75. The molecule has 0 spiro atoms. The third-order valence-corrected chi connectivity index (χ3v) is 3.07. The van der Waals surface area contributed by atoms with Gasteiger partial charge in [-0.05, 0) is 19.4 Å². The zero-order chi connectivity index (χ0) is 14.3. The molecule has 0 fully saturated rings. The summed E-state index contributed by atoms with van der Waals surface area (Å²) in [7, 11) is 0. The third-order valence-electron chi connectivity index (χ3n) is 3.07. The highest BCUT2D eigenvalue weighted by Gasteiger charge is 2.18. The summed E-state index contributed by atoms with van der Waals surface area (Å²) in [4.78, 5) is 10.3. The molecule has 1 N–H and O–H groups in total. The molecule has 0 aliphatic heterocycles. The molecule has 0 saturated carbocycles. The average Bonchev–Trinajstić information content (AvgIpc) is 2.37. The Labute approximate surface area is 113 Å². The van der Waals surface area contributed by atoms with E-state index in [0.29, 0.717) is 0 Å². The lowest BCUT2D eigenvalue weighted by Crippen LogP contribution is -2.17. The van der Waals surface area contributed by atoms with E-state index in [-0.39, 0.29) is 17.4 Å². The van der Waals surface area contributed by atoms with E-state index in [1.54, 1.807) is 0 Å². The Bertz CT molecular complexity index is 424. The molecule has 19 heavy (non-hydrogen) atoms. The number of nitro groups is 1. The Hall–Kier alpha value is -1.65. The van der Waals surface area contributed by atoms with Gasteiger partial charge in [0.2, 0.25) is 0 Å². The van der Waals surface area contributed by atoms with Gasteiger partial charge in [0, 0.05) is 12.1 Å². The highest BCUT2D eigenvalue weighted by atomic mass is 19.1. The van der Waals surface area contributed by atoms with Gasteiger partial charge in [0.05, 0.1) is 4.92 Å². The quantitative estimate of drug-likeness (QED) is 0.429. The minimum atomic E-state index is -0.574. The molecule has 0 aromatic heterocycles. The molecule has 4 nitrogen and oxygen atoms in total. The number of hydrogen-bond acceptors (Lipinski definition) is 3. The van der Waals surface area contributed by atoms with Gasteiger partial charge in [0.15, 0.2) is 5.82 Å². The highest BCUT2D eigenvalue weighted by molar-refractivity contribution is 5.62. The van der Waals surface area contributed by atoms with Crippen LogP contribution in [0.15, 0.2) is 18.2 Å². The van der Waals surface area contributed by atoms with Crippen molar-refractivity contribution in [2.45, 2.75) is 52.0 Å². The van der Waals surface area contributed by atoms with E-state index in [1.807, 2.05) is 6.92 Å². The molecule has 0 heterocycles. The molecule has 0 aliphatic rings. The number of halogens is 1. The smallest absolute Gasteiger partial charge is 0.295 e. The molecule has 5 heteroatoms. The van der Waals surface area contributed by atoms with Crippen molar-refractivity contribution in [2.75, 3.05) is 5.32 Å². The lowest BCUT2D eigenvalue weighted by molar-refractivity contribution is -0.384. The van der Waals surface area contributed by atoms with Crippen LogP contribution in [0.4, 0.5) is 15.8 Å². The van der Waals surface area contributed by atoms with Crippen molar-refractivity contribution in [1.82, 2.24) is 0 Å². The number of para-hydroxylation sites is 1. The van der Waals surface area contributed by atoms with Crippen molar-refractivity contribution in [3.05, 3.63) is 34.1 Å². The Morgan fingerprint density at radius 1 is 1.37 bits per heavy atom. The van der Waals surface area contributed by atoms with Crippen molar-refractivity contribution in [3.8, 4) is 0 Å². The maximum atomic E-state index is 13.6. The van der Waals surface area contributed by atoms with Crippen LogP contribution >= 0.6 is 0 Å². The number of nitrogens with one attached hydrogen (secondary N) is 1. The molecule has 0 saturated heterocycles. The largest absolute Gasteiger partial charge is 0.375 e. The Kier molecular flexibility index (Phi) is 6.25.